The third-order valence-electron chi connectivity index (χ3n) is 3.06. The molecule has 0 amide bonds. The molecule has 0 aliphatic rings. The monoisotopic (exact) mass is 316 g/mol. The summed E-state index contributed by atoms with van der Waals surface area (Å²) >= 11 is 0. The second kappa shape index (κ2) is 6.43. The van der Waals surface area contributed by atoms with Crippen molar-refractivity contribution in [2.45, 2.75) is 13.5 Å². The van der Waals surface area contributed by atoms with E-state index in [-0.39, 0.29) is 5.69 Å². The summed E-state index contributed by atoms with van der Waals surface area (Å²) in [4.78, 5) is 8.45. The lowest BCUT2D eigenvalue weighted by atomic mass is 10.3. The largest absolute Gasteiger partial charge is 0.467 e. The highest BCUT2D eigenvalue weighted by Gasteiger charge is 2.07. The van der Waals surface area contributed by atoms with Crippen molar-refractivity contribution < 1.29 is 13.2 Å². The van der Waals surface area contributed by atoms with Gasteiger partial charge in [0.1, 0.15) is 34.9 Å². The van der Waals surface area contributed by atoms with Gasteiger partial charge >= 0.3 is 0 Å². The molecule has 0 bridgehead atoms. The van der Waals surface area contributed by atoms with Crippen molar-refractivity contribution in [3.63, 3.8) is 0 Å². The number of halogens is 2. The number of hydrogen-bond donors (Lipinski definition) is 2. The smallest absolute Gasteiger partial charge is 0.149 e. The highest BCUT2D eigenvalue weighted by Crippen LogP contribution is 2.21. The number of aryl methyl sites for hydroxylation is 1. The lowest BCUT2D eigenvalue weighted by molar-refractivity contribution is 0.518. The van der Waals surface area contributed by atoms with Gasteiger partial charge in [0.25, 0.3) is 0 Å². The molecule has 0 saturated heterocycles. The van der Waals surface area contributed by atoms with Crippen LogP contribution in [0.25, 0.3) is 0 Å². The SMILES string of the molecule is Cc1nc(NCc2ccco2)cc(Nc2ccc(F)cc2F)n1. The fourth-order valence-corrected chi connectivity index (χ4v) is 2.04. The summed E-state index contributed by atoms with van der Waals surface area (Å²) in [5, 5.41) is 5.92. The van der Waals surface area contributed by atoms with E-state index in [9.17, 15) is 8.78 Å². The lowest BCUT2D eigenvalue weighted by Gasteiger charge is -2.10. The molecular weight excluding hydrogens is 302 g/mol. The Morgan fingerprint density at radius 3 is 2.65 bits per heavy atom. The first-order chi connectivity index (χ1) is 11.1. The van der Waals surface area contributed by atoms with Gasteiger partial charge < -0.3 is 15.1 Å². The molecule has 23 heavy (non-hydrogen) atoms. The van der Waals surface area contributed by atoms with E-state index in [1.807, 2.05) is 6.07 Å². The van der Waals surface area contributed by atoms with E-state index in [0.29, 0.717) is 24.0 Å². The first-order valence-electron chi connectivity index (χ1n) is 6.94. The topological polar surface area (TPSA) is 63.0 Å². The van der Waals surface area contributed by atoms with Crippen LogP contribution in [-0.2, 0) is 6.54 Å². The van der Waals surface area contributed by atoms with Crippen molar-refractivity contribution in [1.82, 2.24) is 9.97 Å². The van der Waals surface area contributed by atoms with Crippen molar-refractivity contribution in [1.29, 1.82) is 0 Å². The van der Waals surface area contributed by atoms with Crippen LogP contribution in [0.15, 0.2) is 47.1 Å². The summed E-state index contributed by atoms with van der Waals surface area (Å²) in [6, 6.07) is 8.58. The van der Waals surface area contributed by atoms with E-state index in [4.69, 9.17) is 4.42 Å². The summed E-state index contributed by atoms with van der Waals surface area (Å²) in [6.45, 7) is 2.19. The average Bonchev–Trinajstić information content (AvgIpc) is 3.01. The van der Waals surface area contributed by atoms with Crippen LogP contribution in [0.2, 0.25) is 0 Å². The van der Waals surface area contributed by atoms with E-state index < -0.39 is 11.6 Å². The summed E-state index contributed by atoms with van der Waals surface area (Å²) < 4.78 is 31.9. The Morgan fingerprint density at radius 2 is 1.91 bits per heavy atom. The molecule has 2 N–H and O–H groups in total. The first kappa shape index (κ1) is 15.0. The van der Waals surface area contributed by atoms with Gasteiger partial charge in [0, 0.05) is 12.1 Å². The molecule has 3 aromatic rings. The Bertz CT molecular complexity index is 806. The average molecular weight is 316 g/mol. The molecular formula is C16H14F2N4O. The molecule has 0 saturated carbocycles. The molecule has 2 heterocycles. The molecule has 0 atom stereocenters. The quantitative estimate of drug-likeness (QED) is 0.744. The number of aromatic nitrogens is 2. The number of hydrogen-bond acceptors (Lipinski definition) is 5. The van der Waals surface area contributed by atoms with E-state index in [2.05, 4.69) is 20.6 Å². The van der Waals surface area contributed by atoms with E-state index in [1.54, 1.807) is 25.3 Å². The minimum absolute atomic E-state index is 0.140. The van der Waals surface area contributed by atoms with Gasteiger partial charge in [0.05, 0.1) is 18.5 Å². The zero-order valence-electron chi connectivity index (χ0n) is 12.3. The van der Waals surface area contributed by atoms with Crippen LogP contribution in [0.4, 0.5) is 26.1 Å². The van der Waals surface area contributed by atoms with E-state index >= 15 is 0 Å². The molecule has 0 aliphatic carbocycles. The normalized spacial score (nSPS) is 10.6. The fraction of sp³-hybridized carbons (Fsp3) is 0.125. The van der Waals surface area contributed by atoms with Gasteiger partial charge in [-0.05, 0) is 31.2 Å². The van der Waals surface area contributed by atoms with Gasteiger partial charge in [-0.25, -0.2) is 18.7 Å². The predicted octanol–water partition coefficient (Wildman–Crippen LogP) is 4.01. The Balaban J connectivity index is 1.77. The lowest BCUT2D eigenvalue weighted by Crippen LogP contribution is -2.05. The molecule has 0 unspecified atom stereocenters. The molecule has 0 aliphatic heterocycles. The highest BCUT2D eigenvalue weighted by molar-refractivity contribution is 5.59. The number of nitrogens with zero attached hydrogens (tertiary/aromatic N) is 2. The Hall–Kier alpha value is -2.96. The van der Waals surface area contributed by atoms with Crippen molar-refractivity contribution in [2.24, 2.45) is 0 Å². The minimum atomic E-state index is -0.689. The maximum atomic E-state index is 13.7. The Labute approximate surface area is 131 Å². The molecule has 0 radical (unpaired) electrons. The predicted molar refractivity (Wildman–Crippen MR) is 82.4 cm³/mol. The number of benzene rings is 1. The molecule has 7 heteroatoms. The summed E-state index contributed by atoms with van der Waals surface area (Å²) in [7, 11) is 0. The van der Waals surface area contributed by atoms with E-state index in [1.165, 1.54) is 12.1 Å². The molecule has 2 aromatic heterocycles. The number of anilines is 3. The molecule has 118 valence electrons. The number of rotatable bonds is 5. The Kier molecular flexibility index (Phi) is 4.18. The first-order valence-corrected chi connectivity index (χ1v) is 6.94. The molecule has 1 aromatic carbocycles. The van der Waals surface area contributed by atoms with Crippen LogP contribution in [0.3, 0.4) is 0 Å². The maximum absolute atomic E-state index is 13.7. The molecule has 0 fully saturated rings. The van der Waals surface area contributed by atoms with Crippen molar-refractivity contribution in [3.05, 3.63) is 65.9 Å². The molecule has 0 spiro atoms. The van der Waals surface area contributed by atoms with Crippen molar-refractivity contribution in [2.75, 3.05) is 10.6 Å². The zero-order chi connectivity index (χ0) is 16.2. The van der Waals surface area contributed by atoms with Crippen LogP contribution in [-0.4, -0.2) is 9.97 Å². The number of nitrogens with one attached hydrogen (secondary N) is 2. The van der Waals surface area contributed by atoms with Gasteiger partial charge in [-0.1, -0.05) is 0 Å². The summed E-state index contributed by atoms with van der Waals surface area (Å²) in [5.74, 6) is 0.933. The summed E-state index contributed by atoms with van der Waals surface area (Å²) in [5.41, 5.74) is 0.140. The second-order valence-electron chi connectivity index (χ2n) is 4.87. The number of furan rings is 1. The van der Waals surface area contributed by atoms with Gasteiger partial charge in [-0.2, -0.15) is 0 Å². The highest BCUT2D eigenvalue weighted by atomic mass is 19.1. The zero-order valence-corrected chi connectivity index (χ0v) is 12.3. The molecule has 3 rings (SSSR count). The van der Waals surface area contributed by atoms with Gasteiger partial charge in [0.2, 0.25) is 0 Å². The van der Waals surface area contributed by atoms with Crippen molar-refractivity contribution >= 4 is 17.3 Å². The van der Waals surface area contributed by atoms with Crippen LogP contribution in [0.5, 0.6) is 0 Å². The minimum Gasteiger partial charge on any atom is -0.467 e. The van der Waals surface area contributed by atoms with Gasteiger partial charge in [-0.3, -0.25) is 0 Å². The van der Waals surface area contributed by atoms with E-state index in [0.717, 1.165) is 11.8 Å². The van der Waals surface area contributed by atoms with Gasteiger partial charge in [-0.15, -0.1) is 0 Å². The Morgan fingerprint density at radius 1 is 1.09 bits per heavy atom. The maximum Gasteiger partial charge on any atom is 0.149 e. The van der Waals surface area contributed by atoms with Crippen LogP contribution < -0.4 is 10.6 Å². The molecule has 5 nitrogen and oxygen atoms in total. The third kappa shape index (κ3) is 3.82. The van der Waals surface area contributed by atoms with Crippen LogP contribution >= 0.6 is 0 Å². The summed E-state index contributed by atoms with van der Waals surface area (Å²) in [6.07, 6.45) is 1.59. The third-order valence-corrected chi connectivity index (χ3v) is 3.06. The second-order valence-corrected chi connectivity index (χ2v) is 4.87. The standard InChI is InChI=1S/C16H14F2N4O/c1-10-20-15(19-9-12-3-2-6-23-12)8-16(21-10)22-14-5-4-11(17)7-13(14)18/h2-8H,9H2,1H3,(H2,19,20,21,22). The van der Waals surface area contributed by atoms with Crippen LogP contribution in [0.1, 0.15) is 11.6 Å². The van der Waals surface area contributed by atoms with Crippen LogP contribution in [0, 0.1) is 18.6 Å². The van der Waals surface area contributed by atoms with Gasteiger partial charge in [0.15, 0.2) is 0 Å². The van der Waals surface area contributed by atoms with Crippen molar-refractivity contribution in [3.8, 4) is 0 Å². The fourth-order valence-electron chi connectivity index (χ4n) is 2.04.